The van der Waals surface area contributed by atoms with Gasteiger partial charge in [0.2, 0.25) is 0 Å². The second-order valence-corrected chi connectivity index (χ2v) is 5.74. The van der Waals surface area contributed by atoms with E-state index in [0.29, 0.717) is 12.5 Å². The zero-order chi connectivity index (χ0) is 11.2. The van der Waals surface area contributed by atoms with Gasteiger partial charge in [-0.25, -0.2) is 4.72 Å². The molecule has 0 radical (unpaired) electrons. The van der Waals surface area contributed by atoms with Gasteiger partial charge in [0.15, 0.2) is 0 Å². The van der Waals surface area contributed by atoms with Crippen molar-refractivity contribution in [3.63, 3.8) is 0 Å². The van der Waals surface area contributed by atoms with Gasteiger partial charge in [0, 0.05) is 12.6 Å². The molecule has 4 nitrogen and oxygen atoms in total. The van der Waals surface area contributed by atoms with E-state index in [-0.39, 0.29) is 13.5 Å². The molecule has 0 unspecified atom stereocenters. The third-order valence-corrected chi connectivity index (χ3v) is 3.01. The van der Waals surface area contributed by atoms with Crippen molar-refractivity contribution in [2.24, 2.45) is 5.92 Å². The molecule has 0 aromatic rings. The molecule has 0 saturated carbocycles. The second kappa shape index (κ2) is 8.07. The van der Waals surface area contributed by atoms with Crippen LogP contribution in [-0.4, -0.2) is 21.0 Å². The van der Waals surface area contributed by atoms with Crippen LogP contribution in [0.1, 0.15) is 48.0 Å². The van der Waals surface area contributed by atoms with Crippen molar-refractivity contribution in [3.05, 3.63) is 0 Å². The van der Waals surface area contributed by atoms with Crippen LogP contribution >= 0.6 is 0 Å². The van der Waals surface area contributed by atoms with Crippen LogP contribution in [0.2, 0.25) is 0 Å². The summed E-state index contributed by atoms with van der Waals surface area (Å²) in [5.41, 5.74) is 0. The maximum atomic E-state index is 11.3. The Balaban J connectivity index is 0. The van der Waals surface area contributed by atoms with Crippen molar-refractivity contribution < 1.29 is 8.42 Å². The van der Waals surface area contributed by atoms with Gasteiger partial charge in [0.25, 0.3) is 10.2 Å². The maximum Gasteiger partial charge on any atom is 0.277 e. The molecule has 0 bridgehead atoms. The van der Waals surface area contributed by atoms with E-state index in [1.165, 1.54) is 0 Å². The van der Waals surface area contributed by atoms with Crippen molar-refractivity contribution in [1.29, 1.82) is 0 Å². The van der Waals surface area contributed by atoms with E-state index in [1.54, 1.807) is 13.8 Å². The molecule has 0 aromatic carbocycles. The largest absolute Gasteiger partial charge is 0.277 e. The van der Waals surface area contributed by atoms with Gasteiger partial charge >= 0.3 is 0 Å². The molecular weight excluding hydrogens is 212 g/mol. The molecule has 0 spiro atoms. The SMILES string of the molecule is C.CC(C)CCCNS(=O)(=O)NC(C)C. The Morgan fingerprint density at radius 2 is 1.67 bits per heavy atom. The van der Waals surface area contributed by atoms with Crippen molar-refractivity contribution in [2.75, 3.05) is 6.54 Å². The predicted molar refractivity (Wildman–Crippen MR) is 66.0 cm³/mol. The summed E-state index contributed by atoms with van der Waals surface area (Å²) < 4.78 is 27.5. The fraction of sp³-hybridized carbons (Fsp3) is 1.00. The summed E-state index contributed by atoms with van der Waals surface area (Å²) in [7, 11) is -3.28. The smallest absolute Gasteiger partial charge is 0.202 e. The van der Waals surface area contributed by atoms with Crippen molar-refractivity contribution >= 4 is 10.2 Å². The van der Waals surface area contributed by atoms with Gasteiger partial charge in [-0.2, -0.15) is 13.1 Å². The second-order valence-electron chi connectivity index (χ2n) is 4.21. The lowest BCUT2D eigenvalue weighted by Crippen LogP contribution is -2.40. The maximum absolute atomic E-state index is 11.3. The molecule has 94 valence electrons. The van der Waals surface area contributed by atoms with Gasteiger partial charge in [0.05, 0.1) is 0 Å². The van der Waals surface area contributed by atoms with Gasteiger partial charge in [0.1, 0.15) is 0 Å². The Labute approximate surface area is 95.0 Å². The molecular formula is C10H26N2O2S. The van der Waals surface area contributed by atoms with Crippen molar-refractivity contribution in [3.8, 4) is 0 Å². The molecule has 0 aliphatic rings. The van der Waals surface area contributed by atoms with Crippen LogP contribution in [0.3, 0.4) is 0 Å². The number of hydrogen-bond acceptors (Lipinski definition) is 2. The van der Waals surface area contributed by atoms with E-state index in [2.05, 4.69) is 23.3 Å². The molecule has 5 heteroatoms. The zero-order valence-corrected chi connectivity index (χ0v) is 10.3. The highest BCUT2D eigenvalue weighted by Gasteiger charge is 2.09. The van der Waals surface area contributed by atoms with Crippen LogP contribution < -0.4 is 9.44 Å². The molecule has 0 heterocycles. The van der Waals surface area contributed by atoms with Crippen molar-refractivity contribution in [1.82, 2.24) is 9.44 Å². The summed E-state index contributed by atoms with van der Waals surface area (Å²) in [4.78, 5) is 0. The molecule has 0 fully saturated rings. The third-order valence-electron chi connectivity index (χ3n) is 1.64. The van der Waals surface area contributed by atoms with E-state index in [0.717, 1.165) is 12.8 Å². The Morgan fingerprint density at radius 3 is 2.07 bits per heavy atom. The first-order valence-corrected chi connectivity index (χ1v) is 6.58. The number of rotatable bonds is 7. The molecule has 0 aliphatic heterocycles. The minimum Gasteiger partial charge on any atom is -0.202 e. The number of hydrogen-bond donors (Lipinski definition) is 2. The minimum absolute atomic E-state index is 0. The average molecular weight is 238 g/mol. The first-order chi connectivity index (χ1) is 6.33. The van der Waals surface area contributed by atoms with Gasteiger partial charge in [-0.15, -0.1) is 0 Å². The third kappa shape index (κ3) is 11.8. The van der Waals surface area contributed by atoms with Crippen LogP contribution in [0.5, 0.6) is 0 Å². The van der Waals surface area contributed by atoms with E-state index in [1.807, 2.05) is 0 Å². The predicted octanol–water partition coefficient (Wildman–Crippen LogP) is 1.89. The van der Waals surface area contributed by atoms with E-state index in [9.17, 15) is 8.42 Å². The Morgan fingerprint density at radius 1 is 1.13 bits per heavy atom. The topological polar surface area (TPSA) is 58.2 Å². The Hall–Kier alpha value is -0.130. The van der Waals surface area contributed by atoms with Crippen LogP contribution in [0.15, 0.2) is 0 Å². The lowest BCUT2D eigenvalue weighted by Gasteiger charge is -2.10. The van der Waals surface area contributed by atoms with E-state index in [4.69, 9.17) is 0 Å². The highest BCUT2D eigenvalue weighted by Crippen LogP contribution is 2.01. The van der Waals surface area contributed by atoms with Crippen LogP contribution in [0.4, 0.5) is 0 Å². The zero-order valence-electron chi connectivity index (χ0n) is 9.50. The van der Waals surface area contributed by atoms with E-state index >= 15 is 0 Å². The first-order valence-electron chi connectivity index (χ1n) is 5.10. The van der Waals surface area contributed by atoms with Crippen molar-refractivity contribution in [2.45, 2.75) is 54.0 Å². The summed E-state index contributed by atoms with van der Waals surface area (Å²) in [6, 6.07) is -0.0578. The highest BCUT2D eigenvalue weighted by atomic mass is 32.2. The van der Waals surface area contributed by atoms with Crippen LogP contribution in [0.25, 0.3) is 0 Å². The molecule has 0 aliphatic carbocycles. The summed E-state index contributed by atoms with van der Waals surface area (Å²) in [5.74, 6) is 0.623. The quantitative estimate of drug-likeness (QED) is 0.665. The normalized spacial score (nSPS) is 11.9. The fourth-order valence-corrected chi connectivity index (χ4v) is 2.19. The molecule has 2 N–H and O–H groups in total. The van der Waals surface area contributed by atoms with E-state index < -0.39 is 10.2 Å². The van der Waals surface area contributed by atoms with Gasteiger partial charge in [-0.3, -0.25) is 0 Å². The first kappa shape index (κ1) is 17.3. The Kier molecular flexibility index (Phi) is 9.29. The van der Waals surface area contributed by atoms with Gasteiger partial charge in [-0.05, 0) is 32.6 Å². The summed E-state index contributed by atoms with van der Waals surface area (Å²) in [5, 5.41) is 0. The molecule has 0 amide bonds. The summed E-state index contributed by atoms with van der Waals surface area (Å²) in [6.07, 6.45) is 1.93. The Bertz CT molecular complexity index is 236. The average Bonchev–Trinajstić information content (AvgIpc) is 1.95. The van der Waals surface area contributed by atoms with Crippen LogP contribution in [-0.2, 0) is 10.2 Å². The lowest BCUT2D eigenvalue weighted by atomic mass is 10.1. The summed E-state index contributed by atoms with van der Waals surface area (Å²) in [6.45, 7) is 8.36. The molecule has 15 heavy (non-hydrogen) atoms. The molecule has 0 saturated heterocycles. The van der Waals surface area contributed by atoms with Gasteiger partial charge < -0.3 is 0 Å². The monoisotopic (exact) mass is 238 g/mol. The van der Waals surface area contributed by atoms with Gasteiger partial charge in [-0.1, -0.05) is 21.3 Å². The highest BCUT2D eigenvalue weighted by molar-refractivity contribution is 7.87. The molecule has 0 rings (SSSR count). The standard InChI is InChI=1S/C9H22N2O2S.CH4/c1-8(2)6-5-7-10-14(12,13)11-9(3)4;/h8-11H,5-7H2,1-4H3;1H4. The molecule has 0 aromatic heterocycles. The number of nitrogens with one attached hydrogen (secondary N) is 2. The molecule has 0 atom stereocenters. The summed E-state index contributed by atoms with van der Waals surface area (Å²) >= 11 is 0. The fourth-order valence-electron chi connectivity index (χ4n) is 1.07. The minimum atomic E-state index is -3.28. The van der Waals surface area contributed by atoms with Crippen LogP contribution in [0, 0.1) is 5.92 Å². The lowest BCUT2D eigenvalue weighted by molar-refractivity contribution is 0.529.